The molecule has 1 heterocycles. The Balaban J connectivity index is 1.44. The molecule has 0 fully saturated rings. The zero-order valence-corrected chi connectivity index (χ0v) is 22.9. The third-order valence-corrected chi connectivity index (χ3v) is 6.76. The third-order valence-electron chi connectivity index (χ3n) is 6.76. The van der Waals surface area contributed by atoms with Crippen LogP contribution in [0.1, 0.15) is 52.7 Å². The fraction of sp³-hybridized carbons (Fsp3) is 0.265. The molecular formula is C34H36N2O4. The smallest absolute Gasteiger partial charge is 0.344 e. The van der Waals surface area contributed by atoms with Gasteiger partial charge in [0.05, 0.1) is 6.61 Å². The Labute approximate surface area is 236 Å². The highest BCUT2D eigenvalue weighted by molar-refractivity contribution is 5.94. The predicted molar refractivity (Wildman–Crippen MR) is 156 cm³/mol. The maximum absolute atomic E-state index is 13.6. The summed E-state index contributed by atoms with van der Waals surface area (Å²) >= 11 is 0. The van der Waals surface area contributed by atoms with E-state index in [1.54, 1.807) is 31.5 Å². The molecule has 0 aliphatic heterocycles. The van der Waals surface area contributed by atoms with Gasteiger partial charge >= 0.3 is 5.97 Å². The van der Waals surface area contributed by atoms with E-state index < -0.39 is 0 Å². The molecule has 0 N–H and O–H groups in total. The molecule has 6 heteroatoms. The minimum Gasteiger partial charge on any atom is -0.482 e. The fourth-order valence-corrected chi connectivity index (χ4v) is 4.78. The highest BCUT2D eigenvalue weighted by Crippen LogP contribution is 2.28. The van der Waals surface area contributed by atoms with E-state index in [2.05, 4.69) is 53.5 Å². The van der Waals surface area contributed by atoms with Crippen LogP contribution in [0.5, 0.6) is 5.75 Å². The summed E-state index contributed by atoms with van der Waals surface area (Å²) in [4.78, 5) is 31.2. The molecule has 0 saturated carbocycles. The van der Waals surface area contributed by atoms with E-state index in [1.165, 1.54) is 11.1 Å². The van der Waals surface area contributed by atoms with Crippen molar-refractivity contribution in [2.24, 2.45) is 0 Å². The number of hydrogen-bond acceptors (Lipinski definition) is 5. The zero-order valence-electron chi connectivity index (χ0n) is 22.9. The van der Waals surface area contributed by atoms with E-state index in [0.717, 1.165) is 24.8 Å². The average Bonchev–Trinajstić information content (AvgIpc) is 3.01. The molecule has 0 unspecified atom stereocenters. The van der Waals surface area contributed by atoms with Gasteiger partial charge in [-0.1, -0.05) is 72.8 Å². The summed E-state index contributed by atoms with van der Waals surface area (Å²) in [6.45, 7) is 3.22. The molecule has 0 bridgehead atoms. The number of nitrogens with zero attached hydrogens (tertiary/aromatic N) is 2. The summed E-state index contributed by atoms with van der Waals surface area (Å²) in [7, 11) is 0. The van der Waals surface area contributed by atoms with Gasteiger partial charge in [0.2, 0.25) is 0 Å². The predicted octanol–water partition coefficient (Wildman–Crippen LogP) is 6.32. The van der Waals surface area contributed by atoms with Gasteiger partial charge in [-0.15, -0.1) is 0 Å². The van der Waals surface area contributed by atoms with Crippen molar-refractivity contribution in [1.29, 1.82) is 0 Å². The van der Waals surface area contributed by atoms with Crippen LogP contribution in [-0.2, 0) is 16.0 Å². The molecule has 206 valence electrons. The van der Waals surface area contributed by atoms with Crippen LogP contribution in [0, 0.1) is 0 Å². The first-order chi connectivity index (χ1) is 19.6. The van der Waals surface area contributed by atoms with Crippen LogP contribution in [0.15, 0.2) is 109 Å². The highest BCUT2D eigenvalue weighted by Gasteiger charge is 2.20. The number of carbonyl (C=O) groups excluding carboxylic acids is 2. The van der Waals surface area contributed by atoms with Crippen molar-refractivity contribution >= 4 is 11.9 Å². The number of pyridine rings is 1. The summed E-state index contributed by atoms with van der Waals surface area (Å²) in [6, 6.07) is 32.2. The van der Waals surface area contributed by atoms with Crippen LogP contribution < -0.4 is 4.74 Å². The van der Waals surface area contributed by atoms with Gasteiger partial charge in [-0.3, -0.25) is 9.78 Å². The lowest BCUT2D eigenvalue weighted by molar-refractivity contribution is -0.145. The van der Waals surface area contributed by atoms with Gasteiger partial charge in [0.25, 0.3) is 5.91 Å². The number of ether oxygens (including phenoxy) is 2. The normalized spacial score (nSPS) is 10.8. The number of aryl methyl sites for hydroxylation is 1. The molecule has 1 aromatic heterocycles. The minimum absolute atomic E-state index is 0.00814. The van der Waals surface area contributed by atoms with E-state index >= 15 is 0 Å². The summed E-state index contributed by atoms with van der Waals surface area (Å²) in [5, 5.41) is 0. The standard InChI is InChI=1S/C34H36N2O4/c1-2-39-33(37)26-40-31-17-9-11-27(25-31)12-10-23-36(34(38)30-18-21-35-22-19-30)24-20-32(28-13-5-3-6-14-28)29-15-7-4-8-16-29/h3-9,11,13-19,21-22,25,32H,2,10,12,20,23-24,26H2,1H3. The molecule has 0 spiro atoms. The van der Waals surface area contributed by atoms with Crippen molar-refractivity contribution in [3.8, 4) is 5.75 Å². The van der Waals surface area contributed by atoms with Crippen molar-refractivity contribution in [2.45, 2.75) is 32.1 Å². The number of amides is 1. The molecule has 0 atom stereocenters. The van der Waals surface area contributed by atoms with Crippen LogP contribution >= 0.6 is 0 Å². The van der Waals surface area contributed by atoms with Crippen LogP contribution in [-0.4, -0.2) is 48.1 Å². The van der Waals surface area contributed by atoms with Crippen molar-refractivity contribution in [3.63, 3.8) is 0 Å². The Morgan fingerprint density at radius 1 is 0.825 bits per heavy atom. The van der Waals surface area contributed by atoms with Gasteiger partial charge < -0.3 is 14.4 Å². The van der Waals surface area contributed by atoms with Crippen molar-refractivity contribution in [2.75, 3.05) is 26.3 Å². The first kappa shape index (κ1) is 28.6. The molecule has 0 saturated heterocycles. The van der Waals surface area contributed by atoms with Crippen LogP contribution in [0.3, 0.4) is 0 Å². The van der Waals surface area contributed by atoms with Gasteiger partial charge in [-0.05, 0) is 67.1 Å². The quantitative estimate of drug-likeness (QED) is 0.176. The van der Waals surface area contributed by atoms with Gasteiger partial charge in [0.15, 0.2) is 6.61 Å². The monoisotopic (exact) mass is 536 g/mol. The molecule has 4 rings (SSSR count). The highest BCUT2D eigenvalue weighted by atomic mass is 16.6. The number of benzene rings is 3. The lowest BCUT2D eigenvalue weighted by Gasteiger charge is -2.26. The molecule has 40 heavy (non-hydrogen) atoms. The molecule has 4 aromatic rings. The SMILES string of the molecule is CCOC(=O)COc1cccc(CCCN(CCC(c2ccccc2)c2ccccc2)C(=O)c2ccncc2)c1. The molecule has 3 aromatic carbocycles. The average molecular weight is 537 g/mol. The number of aromatic nitrogens is 1. The van der Waals surface area contributed by atoms with Gasteiger partial charge in [0.1, 0.15) is 5.75 Å². The van der Waals surface area contributed by atoms with Gasteiger partial charge in [-0.2, -0.15) is 0 Å². The number of carbonyl (C=O) groups is 2. The van der Waals surface area contributed by atoms with Crippen molar-refractivity contribution in [3.05, 3.63) is 132 Å². The fourth-order valence-electron chi connectivity index (χ4n) is 4.78. The Morgan fingerprint density at radius 2 is 1.50 bits per heavy atom. The second-order valence-corrected chi connectivity index (χ2v) is 9.54. The molecular weight excluding hydrogens is 500 g/mol. The first-order valence-corrected chi connectivity index (χ1v) is 13.8. The number of rotatable bonds is 14. The Kier molecular flexibility index (Phi) is 10.9. The van der Waals surface area contributed by atoms with E-state index in [1.807, 2.05) is 41.3 Å². The number of esters is 1. The van der Waals surface area contributed by atoms with Gasteiger partial charge in [0, 0.05) is 37.0 Å². The van der Waals surface area contributed by atoms with E-state index in [0.29, 0.717) is 31.0 Å². The largest absolute Gasteiger partial charge is 0.482 e. The summed E-state index contributed by atoms with van der Waals surface area (Å²) in [5.41, 5.74) is 4.21. The van der Waals surface area contributed by atoms with Crippen LogP contribution in [0.2, 0.25) is 0 Å². The summed E-state index contributed by atoms with van der Waals surface area (Å²) in [6.07, 6.45) is 5.69. The molecule has 0 aliphatic carbocycles. The second-order valence-electron chi connectivity index (χ2n) is 9.54. The lowest BCUT2D eigenvalue weighted by atomic mass is 9.88. The minimum atomic E-state index is -0.387. The topological polar surface area (TPSA) is 68.7 Å². The van der Waals surface area contributed by atoms with E-state index in [-0.39, 0.29) is 24.4 Å². The van der Waals surface area contributed by atoms with Crippen LogP contribution in [0.25, 0.3) is 0 Å². The van der Waals surface area contributed by atoms with Crippen molar-refractivity contribution < 1.29 is 19.1 Å². The Morgan fingerprint density at radius 3 is 2.15 bits per heavy atom. The molecule has 0 radical (unpaired) electrons. The molecule has 1 amide bonds. The van der Waals surface area contributed by atoms with Gasteiger partial charge in [-0.25, -0.2) is 4.79 Å². The maximum atomic E-state index is 13.6. The lowest BCUT2D eigenvalue weighted by Crippen LogP contribution is -2.34. The molecule has 0 aliphatic rings. The van der Waals surface area contributed by atoms with E-state index in [4.69, 9.17) is 9.47 Å². The van der Waals surface area contributed by atoms with Crippen LogP contribution in [0.4, 0.5) is 0 Å². The second kappa shape index (κ2) is 15.2. The third kappa shape index (κ3) is 8.53. The maximum Gasteiger partial charge on any atom is 0.344 e. The summed E-state index contributed by atoms with van der Waals surface area (Å²) in [5.74, 6) is 0.434. The van der Waals surface area contributed by atoms with Crippen molar-refractivity contribution in [1.82, 2.24) is 9.88 Å². The molecule has 6 nitrogen and oxygen atoms in total. The first-order valence-electron chi connectivity index (χ1n) is 13.8. The Hall–Kier alpha value is -4.45. The Bertz CT molecular complexity index is 1290. The zero-order chi connectivity index (χ0) is 28.0. The van der Waals surface area contributed by atoms with E-state index in [9.17, 15) is 9.59 Å². The number of hydrogen-bond donors (Lipinski definition) is 0. The summed E-state index contributed by atoms with van der Waals surface area (Å²) < 4.78 is 10.5.